The Kier molecular flexibility index (Phi) is 6.93. The largest absolute Gasteiger partial charge is 0.493 e. The molecule has 1 N–H and O–H groups in total. The SMILES string of the molecule is COc1cc(C(=O)NCCC(=O)N2CCCC2)cc(Cl)c1OC(C)C. The van der Waals surface area contributed by atoms with Crippen molar-refractivity contribution in [2.45, 2.75) is 39.2 Å². The van der Waals surface area contributed by atoms with Crippen molar-refractivity contribution in [3.8, 4) is 11.5 Å². The van der Waals surface area contributed by atoms with Crippen LogP contribution < -0.4 is 14.8 Å². The van der Waals surface area contributed by atoms with Gasteiger partial charge in [0.1, 0.15) is 0 Å². The summed E-state index contributed by atoms with van der Waals surface area (Å²) in [6.45, 7) is 5.69. The third kappa shape index (κ3) is 5.26. The molecule has 0 aliphatic carbocycles. The number of halogens is 1. The highest BCUT2D eigenvalue weighted by Crippen LogP contribution is 2.37. The van der Waals surface area contributed by atoms with Crippen LogP contribution in [0.2, 0.25) is 5.02 Å². The van der Waals surface area contributed by atoms with Crippen molar-refractivity contribution in [3.63, 3.8) is 0 Å². The first kappa shape index (κ1) is 19.4. The fourth-order valence-corrected chi connectivity index (χ4v) is 2.97. The average molecular weight is 369 g/mol. The molecule has 25 heavy (non-hydrogen) atoms. The van der Waals surface area contributed by atoms with Gasteiger partial charge in [-0.2, -0.15) is 0 Å². The molecule has 1 aromatic rings. The minimum atomic E-state index is -0.300. The summed E-state index contributed by atoms with van der Waals surface area (Å²) < 4.78 is 10.9. The van der Waals surface area contributed by atoms with Gasteiger partial charge in [0, 0.05) is 31.6 Å². The number of likely N-dealkylation sites (tertiary alicyclic amines) is 1. The first-order chi connectivity index (χ1) is 11.9. The summed E-state index contributed by atoms with van der Waals surface area (Å²) in [5.41, 5.74) is 0.367. The minimum absolute atomic E-state index is 0.0670. The molecule has 6 nitrogen and oxygen atoms in total. The van der Waals surface area contributed by atoms with Gasteiger partial charge >= 0.3 is 0 Å². The molecule has 0 bridgehead atoms. The summed E-state index contributed by atoms with van der Waals surface area (Å²) in [6.07, 6.45) is 2.34. The second-order valence-electron chi connectivity index (χ2n) is 6.25. The first-order valence-electron chi connectivity index (χ1n) is 8.52. The Bertz CT molecular complexity index is 628. The standard InChI is InChI=1S/C18H25ClN2O4/c1-12(2)25-17-14(19)10-13(11-15(17)24-3)18(23)20-7-6-16(22)21-8-4-5-9-21/h10-12H,4-9H2,1-3H3,(H,20,23). The summed E-state index contributed by atoms with van der Waals surface area (Å²) in [4.78, 5) is 26.1. The van der Waals surface area contributed by atoms with Gasteiger partial charge in [0.25, 0.3) is 5.91 Å². The Labute approximate surface area is 153 Å². The van der Waals surface area contributed by atoms with Crippen molar-refractivity contribution in [1.29, 1.82) is 0 Å². The number of nitrogens with zero attached hydrogens (tertiary/aromatic N) is 1. The lowest BCUT2D eigenvalue weighted by atomic mass is 10.1. The van der Waals surface area contributed by atoms with E-state index in [2.05, 4.69) is 5.32 Å². The molecule has 1 aliphatic heterocycles. The van der Waals surface area contributed by atoms with E-state index in [1.54, 1.807) is 12.1 Å². The summed E-state index contributed by atoms with van der Waals surface area (Å²) in [7, 11) is 1.50. The number of hydrogen-bond acceptors (Lipinski definition) is 4. The van der Waals surface area contributed by atoms with Crippen LogP contribution in [0, 0.1) is 0 Å². The predicted octanol–water partition coefficient (Wildman–Crippen LogP) is 2.88. The molecular weight excluding hydrogens is 344 g/mol. The van der Waals surface area contributed by atoms with Gasteiger partial charge in [-0.3, -0.25) is 9.59 Å². The second kappa shape index (κ2) is 8.94. The zero-order valence-corrected chi connectivity index (χ0v) is 15.7. The normalized spacial score (nSPS) is 13.9. The van der Waals surface area contributed by atoms with Crippen molar-refractivity contribution in [1.82, 2.24) is 10.2 Å². The van der Waals surface area contributed by atoms with Gasteiger partial charge in [0.05, 0.1) is 18.2 Å². The molecule has 0 saturated carbocycles. The Morgan fingerprint density at radius 2 is 1.96 bits per heavy atom. The molecule has 1 fully saturated rings. The molecule has 1 saturated heterocycles. The van der Waals surface area contributed by atoms with E-state index < -0.39 is 0 Å². The number of methoxy groups -OCH3 is 1. The molecule has 0 spiro atoms. The van der Waals surface area contributed by atoms with Gasteiger partial charge in [-0.05, 0) is 38.8 Å². The second-order valence-corrected chi connectivity index (χ2v) is 6.66. The van der Waals surface area contributed by atoms with E-state index in [0.29, 0.717) is 35.1 Å². The lowest BCUT2D eigenvalue weighted by Gasteiger charge is -2.17. The molecule has 1 heterocycles. The topological polar surface area (TPSA) is 67.9 Å². The molecule has 0 unspecified atom stereocenters. The Hall–Kier alpha value is -1.95. The molecule has 1 aliphatic rings. The van der Waals surface area contributed by atoms with Crippen LogP contribution in [0.25, 0.3) is 0 Å². The number of hydrogen-bond donors (Lipinski definition) is 1. The highest BCUT2D eigenvalue weighted by Gasteiger charge is 2.19. The number of carbonyl (C=O) groups excluding carboxylic acids is 2. The van der Waals surface area contributed by atoms with Crippen molar-refractivity contribution in [2.75, 3.05) is 26.7 Å². The number of carbonyl (C=O) groups is 2. The Morgan fingerprint density at radius 3 is 2.56 bits per heavy atom. The molecule has 0 aromatic heterocycles. The third-order valence-electron chi connectivity index (χ3n) is 3.93. The van der Waals surface area contributed by atoms with Crippen LogP contribution in [0.5, 0.6) is 11.5 Å². The molecule has 7 heteroatoms. The van der Waals surface area contributed by atoms with Gasteiger partial charge < -0.3 is 19.7 Å². The van der Waals surface area contributed by atoms with Crippen LogP contribution in [0.4, 0.5) is 0 Å². The molecule has 2 amide bonds. The number of rotatable bonds is 7. The van der Waals surface area contributed by atoms with Gasteiger partial charge in [0.2, 0.25) is 5.91 Å². The fourth-order valence-electron chi connectivity index (χ4n) is 2.71. The summed E-state index contributed by atoms with van der Waals surface area (Å²) >= 11 is 6.23. The van der Waals surface area contributed by atoms with Gasteiger partial charge in [0.15, 0.2) is 11.5 Å². The maximum Gasteiger partial charge on any atom is 0.251 e. The van der Waals surface area contributed by atoms with Gasteiger partial charge in [-0.1, -0.05) is 11.6 Å². The maximum absolute atomic E-state index is 12.3. The van der Waals surface area contributed by atoms with E-state index in [1.165, 1.54) is 7.11 Å². The molecular formula is C18H25ClN2O4. The molecule has 1 aromatic carbocycles. The maximum atomic E-state index is 12.3. The van der Waals surface area contributed by atoms with E-state index >= 15 is 0 Å². The van der Waals surface area contributed by atoms with Crippen molar-refractivity contribution < 1.29 is 19.1 Å². The van der Waals surface area contributed by atoms with Crippen molar-refractivity contribution in [2.24, 2.45) is 0 Å². The quantitative estimate of drug-likeness (QED) is 0.803. The van der Waals surface area contributed by atoms with Gasteiger partial charge in [-0.15, -0.1) is 0 Å². The van der Waals surface area contributed by atoms with E-state index in [-0.39, 0.29) is 17.9 Å². The van der Waals surface area contributed by atoms with E-state index in [9.17, 15) is 9.59 Å². The summed E-state index contributed by atoms with van der Waals surface area (Å²) in [6, 6.07) is 3.13. The van der Waals surface area contributed by atoms with Gasteiger partial charge in [-0.25, -0.2) is 0 Å². The number of ether oxygens (including phenoxy) is 2. The predicted molar refractivity (Wildman–Crippen MR) is 96.5 cm³/mol. The van der Waals surface area contributed by atoms with Crippen LogP contribution in [-0.4, -0.2) is 49.6 Å². The average Bonchev–Trinajstić information content (AvgIpc) is 3.10. The first-order valence-corrected chi connectivity index (χ1v) is 8.90. The van der Waals surface area contributed by atoms with E-state index in [4.69, 9.17) is 21.1 Å². The van der Waals surface area contributed by atoms with Crippen LogP contribution in [0.15, 0.2) is 12.1 Å². The highest BCUT2D eigenvalue weighted by molar-refractivity contribution is 6.32. The lowest BCUT2D eigenvalue weighted by molar-refractivity contribution is -0.129. The molecule has 0 atom stereocenters. The van der Waals surface area contributed by atoms with E-state index in [0.717, 1.165) is 25.9 Å². The van der Waals surface area contributed by atoms with E-state index in [1.807, 2.05) is 18.7 Å². The monoisotopic (exact) mass is 368 g/mol. The number of benzene rings is 1. The fraction of sp³-hybridized carbons (Fsp3) is 0.556. The molecule has 2 rings (SSSR count). The molecule has 138 valence electrons. The Balaban J connectivity index is 1.96. The van der Waals surface area contributed by atoms with Crippen molar-refractivity contribution >= 4 is 23.4 Å². The minimum Gasteiger partial charge on any atom is -0.493 e. The van der Waals surface area contributed by atoms with Crippen molar-refractivity contribution in [3.05, 3.63) is 22.7 Å². The highest BCUT2D eigenvalue weighted by atomic mass is 35.5. The number of amides is 2. The lowest BCUT2D eigenvalue weighted by Crippen LogP contribution is -2.32. The van der Waals surface area contributed by atoms with Crippen LogP contribution in [0.1, 0.15) is 43.5 Å². The van der Waals surface area contributed by atoms with Crippen LogP contribution in [0.3, 0.4) is 0 Å². The summed E-state index contributed by atoms with van der Waals surface area (Å²) in [5, 5.41) is 3.06. The van der Waals surface area contributed by atoms with Crippen LogP contribution in [-0.2, 0) is 4.79 Å². The zero-order chi connectivity index (χ0) is 18.4. The summed E-state index contributed by atoms with van der Waals surface area (Å²) in [5.74, 6) is 0.596. The Morgan fingerprint density at radius 1 is 1.28 bits per heavy atom. The van der Waals surface area contributed by atoms with Crippen LogP contribution >= 0.6 is 11.6 Å². The third-order valence-corrected chi connectivity index (χ3v) is 4.21. The smallest absolute Gasteiger partial charge is 0.251 e. The molecule has 0 radical (unpaired) electrons. The zero-order valence-electron chi connectivity index (χ0n) is 14.9. The number of nitrogens with one attached hydrogen (secondary N) is 1.